The second kappa shape index (κ2) is 17.1. The summed E-state index contributed by atoms with van der Waals surface area (Å²) < 4.78 is 0. The average Bonchev–Trinajstić information content (AvgIpc) is 3.32. The van der Waals surface area contributed by atoms with Gasteiger partial charge in [0.1, 0.15) is 0 Å². The minimum absolute atomic E-state index is 0.978. The Morgan fingerprint density at radius 2 is 0.617 bits per heavy atom. The third-order valence-corrected chi connectivity index (χ3v) is 12.1. The normalized spacial score (nSPS) is 11.3. The predicted molar refractivity (Wildman–Crippen MR) is 259 cm³/mol. The molecule has 294 valence electrons. The van der Waals surface area contributed by atoms with Gasteiger partial charge in [0.15, 0.2) is 0 Å². The molecule has 0 N–H and O–H groups in total. The lowest BCUT2D eigenvalue weighted by Crippen LogP contribution is -2.11. The van der Waals surface area contributed by atoms with Crippen LogP contribution in [0.1, 0.15) is 49.9 Å². The van der Waals surface area contributed by atoms with Crippen molar-refractivity contribution in [3.63, 3.8) is 0 Å². The van der Waals surface area contributed by atoms with Crippen LogP contribution < -0.4 is 9.80 Å². The van der Waals surface area contributed by atoms with Gasteiger partial charge in [-0.05, 0) is 165 Å². The first kappa shape index (κ1) is 38.6. The second-order valence-electron chi connectivity index (χ2n) is 15.7. The fourth-order valence-corrected chi connectivity index (χ4v) is 8.80. The SMILES string of the molecule is CCc1ccc(N(c2cccc(CC)c2)c2ccc3c(-c4ccccc4)c4cc(N(c5ccc(CC)cc5)c5cccc(CC)c5)ccc4c(-c4ccccc4)c3c2)cc1. The molecule has 0 saturated carbocycles. The maximum Gasteiger partial charge on any atom is 0.0468 e. The zero-order chi connectivity index (χ0) is 41.0. The zero-order valence-corrected chi connectivity index (χ0v) is 35.2. The maximum absolute atomic E-state index is 2.43. The van der Waals surface area contributed by atoms with E-state index in [4.69, 9.17) is 0 Å². The summed E-state index contributed by atoms with van der Waals surface area (Å²) in [7, 11) is 0. The second-order valence-corrected chi connectivity index (χ2v) is 15.7. The van der Waals surface area contributed by atoms with Gasteiger partial charge in [0.25, 0.3) is 0 Å². The van der Waals surface area contributed by atoms with E-state index in [-0.39, 0.29) is 0 Å². The van der Waals surface area contributed by atoms with E-state index in [1.165, 1.54) is 66.1 Å². The first-order valence-electron chi connectivity index (χ1n) is 21.7. The van der Waals surface area contributed by atoms with Crippen molar-refractivity contribution < 1.29 is 0 Å². The van der Waals surface area contributed by atoms with Crippen LogP contribution in [0.5, 0.6) is 0 Å². The monoisotopic (exact) mass is 776 g/mol. The molecule has 2 heteroatoms. The van der Waals surface area contributed by atoms with Crippen molar-refractivity contribution in [2.24, 2.45) is 0 Å². The molecule has 9 aromatic carbocycles. The van der Waals surface area contributed by atoms with Gasteiger partial charge in [-0.2, -0.15) is 0 Å². The van der Waals surface area contributed by atoms with Gasteiger partial charge in [-0.15, -0.1) is 0 Å². The molecular weight excluding hydrogens is 725 g/mol. The minimum atomic E-state index is 0.978. The minimum Gasteiger partial charge on any atom is -0.310 e. The quantitative estimate of drug-likeness (QED) is 0.114. The van der Waals surface area contributed by atoms with Crippen molar-refractivity contribution in [1.29, 1.82) is 0 Å². The maximum atomic E-state index is 2.43. The van der Waals surface area contributed by atoms with Crippen LogP contribution in [0.15, 0.2) is 194 Å². The van der Waals surface area contributed by atoms with Gasteiger partial charge in [-0.25, -0.2) is 0 Å². The third-order valence-electron chi connectivity index (χ3n) is 12.1. The molecule has 9 aromatic rings. The van der Waals surface area contributed by atoms with E-state index in [1.807, 2.05) is 0 Å². The van der Waals surface area contributed by atoms with Crippen LogP contribution in [0.3, 0.4) is 0 Å². The summed E-state index contributed by atoms with van der Waals surface area (Å²) in [5, 5.41) is 4.90. The van der Waals surface area contributed by atoms with E-state index in [0.29, 0.717) is 0 Å². The molecule has 0 atom stereocenters. The Labute approximate surface area is 356 Å². The van der Waals surface area contributed by atoms with Crippen molar-refractivity contribution in [3.05, 3.63) is 216 Å². The molecule has 0 spiro atoms. The number of aryl methyl sites for hydroxylation is 4. The van der Waals surface area contributed by atoms with Crippen LogP contribution in [0.2, 0.25) is 0 Å². The molecule has 0 bridgehead atoms. The highest BCUT2D eigenvalue weighted by Crippen LogP contribution is 2.48. The molecule has 0 fully saturated rings. The molecule has 0 heterocycles. The Bertz CT molecular complexity index is 2690. The lowest BCUT2D eigenvalue weighted by atomic mass is 9.85. The Balaban J connectivity index is 1.35. The van der Waals surface area contributed by atoms with Gasteiger partial charge in [0.05, 0.1) is 0 Å². The first-order chi connectivity index (χ1) is 29.6. The number of rotatable bonds is 12. The summed E-state index contributed by atoms with van der Waals surface area (Å²) in [6.45, 7) is 8.89. The van der Waals surface area contributed by atoms with Crippen LogP contribution in [-0.2, 0) is 25.7 Å². The van der Waals surface area contributed by atoms with Crippen LogP contribution in [0, 0.1) is 0 Å². The number of anilines is 6. The van der Waals surface area contributed by atoms with E-state index >= 15 is 0 Å². The van der Waals surface area contributed by atoms with E-state index in [1.54, 1.807) is 0 Å². The average molecular weight is 777 g/mol. The molecular formula is C58H52N2. The van der Waals surface area contributed by atoms with Crippen molar-refractivity contribution in [1.82, 2.24) is 0 Å². The molecule has 0 saturated heterocycles. The summed E-state index contributed by atoms with van der Waals surface area (Å²) >= 11 is 0. The molecule has 0 radical (unpaired) electrons. The molecule has 0 aliphatic heterocycles. The summed E-state index contributed by atoms with van der Waals surface area (Å²) in [6, 6.07) is 72.3. The topological polar surface area (TPSA) is 6.48 Å². The molecule has 0 unspecified atom stereocenters. The van der Waals surface area contributed by atoms with Gasteiger partial charge in [0.2, 0.25) is 0 Å². The Kier molecular flexibility index (Phi) is 11.0. The number of fused-ring (bicyclic) bond motifs is 2. The smallest absolute Gasteiger partial charge is 0.0468 e. The molecule has 0 aromatic heterocycles. The van der Waals surface area contributed by atoms with E-state index < -0.39 is 0 Å². The summed E-state index contributed by atoms with van der Waals surface area (Å²) in [6.07, 6.45) is 3.97. The lowest BCUT2D eigenvalue weighted by molar-refractivity contribution is 1.13. The Morgan fingerprint density at radius 3 is 0.983 bits per heavy atom. The predicted octanol–water partition coefficient (Wildman–Crippen LogP) is 16.5. The van der Waals surface area contributed by atoms with Crippen molar-refractivity contribution >= 4 is 55.7 Å². The third kappa shape index (κ3) is 7.46. The highest BCUT2D eigenvalue weighted by Gasteiger charge is 2.22. The summed E-state index contributed by atoms with van der Waals surface area (Å²) in [5.41, 5.74) is 17.1. The molecule has 2 nitrogen and oxygen atoms in total. The van der Waals surface area contributed by atoms with Gasteiger partial charge >= 0.3 is 0 Å². The van der Waals surface area contributed by atoms with E-state index in [9.17, 15) is 0 Å². The summed E-state index contributed by atoms with van der Waals surface area (Å²) in [5.74, 6) is 0. The fourth-order valence-electron chi connectivity index (χ4n) is 8.80. The van der Waals surface area contributed by atoms with Gasteiger partial charge < -0.3 is 9.80 Å². The van der Waals surface area contributed by atoms with Crippen molar-refractivity contribution in [2.75, 3.05) is 9.80 Å². The molecule has 9 rings (SSSR count). The van der Waals surface area contributed by atoms with Crippen LogP contribution in [-0.4, -0.2) is 0 Å². The number of hydrogen-bond acceptors (Lipinski definition) is 2. The first-order valence-corrected chi connectivity index (χ1v) is 21.7. The van der Waals surface area contributed by atoms with Crippen molar-refractivity contribution in [2.45, 2.75) is 53.4 Å². The number of nitrogens with zero attached hydrogens (tertiary/aromatic N) is 2. The number of hydrogen-bond donors (Lipinski definition) is 0. The standard InChI is InChI=1S/C58H52N2/c1-5-41-25-29-47(30-26-41)59(49-23-15-17-43(7-3)37-49)51-33-35-53-55(39-51)57(45-19-11-9-12-20-45)54-36-34-52(40-56(54)58(53)46-21-13-10-14-22-46)60(48-31-27-42(6-2)28-32-48)50-24-16-18-44(8-4)38-50/h9-40H,5-8H2,1-4H3. The fraction of sp³-hybridized carbons (Fsp3) is 0.138. The van der Waals surface area contributed by atoms with Crippen molar-refractivity contribution in [3.8, 4) is 22.3 Å². The number of benzene rings is 9. The van der Waals surface area contributed by atoms with E-state index in [0.717, 1.165) is 59.8 Å². The van der Waals surface area contributed by atoms with E-state index in [2.05, 4.69) is 232 Å². The molecule has 0 aliphatic carbocycles. The highest BCUT2D eigenvalue weighted by atomic mass is 15.1. The summed E-state index contributed by atoms with van der Waals surface area (Å²) in [4.78, 5) is 4.85. The molecule has 60 heavy (non-hydrogen) atoms. The van der Waals surface area contributed by atoms with Crippen LogP contribution in [0.25, 0.3) is 43.8 Å². The lowest BCUT2D eigenvalue weighted by Gasteiger charge is -2.28. The van der Waals surface area contributed by atoms with Crippen LogP contribution in [0.4, 0.5) is 34.1 Å². The van der Waals surface area contributed by atoms with Gasteiger partial charge in [0, 0.05) is 34.1 Å². The Hall–Kier alpha value is -6.90. The molecule has 0 aliphatic rings. The van der Waals surface area contributed by atoms with Gasteiger partial charge in [-0.3, -0.25) is 0 Å². The highest BCUT2D eigenvalue weighted by molar-refractivity contribution is 6.22. The van der Waals surface area contributed by atoms with Crippen LogP contribution >= 0.6 is 0 Å². The molecule has 0 amide bonds. The van der Waals surface area contributed by atoms with Gasteiger partial charge in [-0.1, -0.05) is 149 Å². The zero-order valence-electron chi connectivity index (χ0n) is 35.2. The Morgan fingerprint density at radius 1 is 0.267 bits per heavy atom. The largest absolute Gasteiger partial charge is 0.310 e.